The molecule has 6 fully saturated rings. The lowest BCUT2D eigenvalue weighted by atomic mass is 9.75. The monoisotopic (exact) mass is 1050 g/mol. The van der Waals surface area contributed by atoms with E-state index in [1.807, 2.05) is 59.6 Å². The largest absolute Gasteiger partial charge is 0.416 e. The number of aromatic nitrogens is 6. The minimum atomic E-state index is -4.53. The van der Waals surface area contributed by atoms with Crippen LogP contribution in [0.4, 0.5) is 37.7 Å². The first-order valence-corrected chi connectivity index (χ1v) is 26.0. The van der Waals surface area contributed by atoms with Crippen LogP contribution in [0.1, 0.15) is 103 Å². The van der Waals surface area contributed by atoms with Gasteiger partial charge in [-0.05, 0) is 133 Å². The van der Waals surface area contributed by atoms with Gasteiger partial charge >= 0.3 is 12.4 Å². The maximum absolute atomic E-state index is 14.2. The molecule has 6 aromatic rings. The fourth-order valence-corrected chi connectivity index (χ4v) is 12.9. The van der Waals surface area contributed by atoms with E-state index >= 15 is 0 Å². The molecule has 8 heterocycles. The average Bonchev–Trinajstić information content (AvgIpc) is 3.89. The van der Waals surface area contributed by atoms with Gasteiger partial charge in [0.05, 0.1) is 50.6 Å². The summed E-state index contributed by atoms with van der Waals surface area (Å²) in [7, 11) is 3.77. The van der Waals surface area contributed by atoms with Gasteiger partial charge in [-0.3, -0.25) is 19.4 Å². The number of hydrogen-bond donors (Lipinski definition) is 0. The molecule has 2 aromatic heterocycles. The normalized spacial score (nSPS) is 23.9. The van der Waals surface area contributed by atoms with Gasteiger partial charge < -0.3 is 28.4 Å². The molecular weight excluding hydrogens is 991 g/mol. The maximum Gasteiger partial charge on any atom is 0.416 e. The number of nitrogens with zero attached hydrogens (tertiary/aromatic N) is 10. The predicted octanol–water partition coefficient (Wildman–Crippen LogP) is 8.20. The van der Waals surface area contributed by atoms with Crippen LogP contribution in [0.15, 0.2) is 85.5 Å². The van der Waals surface area contributed by atoms with E-state index in [-0.39, 0.29) is 58.0 Å². The fourth-order valence-electron chi connectivity index (χ4n) is 12.9. The van der Waals surface area contributed by atoms with Gasteiger partial charge in [0.2, 0.25) is 0 Å². The zero-order chi connectivity index (χ0) is 52.5. The number of halogens is 6. The molecule has 6 aliphatic heterocycles. The van der Waals surface area contributed by atoms with E-state index in [1.165, 1.54) is 21.9 Å². The van der Waals surface area contributed by atoms with Crippen molar-refractivity contribution in [3.05, 3.63) is 153 Å². The highest BCUT2D eigenvalue weighted by molar-refractivity contribution is 6.11. The molecule has 0 bridgehead atoms. The fraction of sp³-hybridized carbons (Fsp3) is 0.464. The number of alkyl halides is 6. The zero-order valence-corrected chi connectivity index (χ0v) is 42.1. The number of fused-ring (bicyclic) bond motifs is 4. The van der Waals surface area contributed by atoms with Crippen molar-refractivity contribution >= 4 is 23.2 Å². The molecule has 396 valence electrons. The number of hydrogen-bond acceptors (Lipinski definition) is 10. The van der Waals surface area contributed by atoms with Crippen LogP contribution in [-0.4, -0.2) is 103 Å². The van der Waals surface area contributed by atoms with Gasteiger partial charge in [-0.25, -0.2) is 0 Å². The van der Waals surface area contributed by atoms with E-state index in [0.29, 0.717) is 98.8 Å². The van der Waals surface area contributed by atoms with Crippen LogP contribution in [-0.2, 0) is 85.8 Å². The van der Waals surface area contributed by atoms with E-state index in [4.69, 9.17) is 9.47 Å². The Labute approximate surface area is 434 Å². The number of aryl methyl sites for hydroxylation is 2. The van der Waals surface area contributed by atoms with Crippen molar-refractivity contribution < 1.29 is 45.4 Å². The first-order chi connectivity index (χ1) is 36.4. The summed E-state index contributed by atoms with van der Waals surface area (Å²) in [6, 6.07) is 21.9. The second-order valence-electron chi connectivity index (χ2n) is 22.5. The molecule has 0 N–H and O–H groups in total. The third-order valence-electron chi connectivity index (χ3n) is 17.5. The Hall–Kier alpha value is -6.48. The van der Waals surface area contributed by atoms with Crippen molar-refractivity contribution in [1.29, 1.82) is 0 Å². The van der Waals surface area contributed by atoms with E-state index in [9.17, 15) is 35.9 Å². The van der Waals surface area contributed by atoms with Crippen molar-refractivity contribution in [3.8, 4) is 0 Å². The second kappa shape index (κ2) is 18.1. The van der Waals surface area contributed by atoms with E-state index in [0.717, 1.165) is 61.5 Å². The summed E-state index contributed by atoms with van der Waals surface area (Å²) in [6.07, 6.45) is -0.0726. The summed E-state index contributed by atoms with van der Waals surface area (Å²) in [5.41, 5.74) is 2.61. The molecule has 0 spiro atoms. The maximum atomic E-state index is 14.2. The topological polar surface area (TPSA) is 127 Å². The average molecular weight is 1050 g/mol. The SMILES string of the molecule is Cn1cnnc1CC1(c2cccc(N3Cc4c(cc(CN5CC[C@@H]6C[C@@H]65)cc4C(F)(F)F)C3=O)c2)COC1.Cn1cnnc1CC1(c2cccc(N3Cc4c(cc(CN5CC[C@H]6C[C@H]65)cc4C(F)(F)F)C3=O)c2)COC1. The Morgan fingerprint density at radius 2 is 1.01 bits per heavy atom. The summed E-state index contributed by atoms with van der Waals surface area (Å²) in [5.74, 6) is 2.25. The standard InChI is InChI=1S/2C28H28F3N5O2/c2*1-34-16-32-33-25(34)11-27(14-38-15-27)19-3-2-4-20(10-19)36-13-22-21(26(36)37)7-17(8-23(22)28(29,30)31)12-35-6-5-18-9-24(18)35/h2*2-4,7-8,10,16,18,24H,5-6,9,11-15H2,1H3/t2*18-,24+/m10/s1. The molecule has 8 aliphatic rings. The van der Waals surface area contributed by atoms with Crippen molar-refractivity contribution in [3.63, 3.8) is 0 Å². The van der Waals surface area contributed by atoms with E-state index in [2.05, 4.69) is 30.2 Å². The van der Waals surface area contributed by atoms with Gasteiger partial charge in [-0.2, -0.15) is 26.3 Å². The summed E-state index contributed by atoms with van der Waals surface area (Å²) in [6.45, 7) is 4.49. The summed E-state index contributed by atoms with van der Waals surface area (Å²) >= 11 is 0. The lowest BCUT2D eigenvalue weighted by Crippen LogP contribution is -2.49. The first kappa shape index (κ1) is 49.1. The molecular formula is C56H56F6N10O4. The lowest BCUT2D eigenvalue weighted by molar-refractivity contribution is -0.139. The van der Waals surface area contributed by atoms with E-state index in [1.54, 1.807) is 36.9 Å². The van der Waals surface area contributed by atoms with Crippen LogP contribution >= 0.6 is 0 Å². The Kier molecular flexibility index (Phi) is 11.7. The highest BCUT2D eigenvalue weighted by Gasteiger charge is 2.50. The minimum Gasteiger partial charge on any atom is -0.379 e. The molecule has 14 rings (SSSR count). The van der Waals surface area contributed by atoms with Crippen molar-refractivity contribution in [1.82, 2.24) is 39.3 Å². The minimum absolute atomic E-state index is 0.0585. The van der Waals surface area contributed by atoms with Crippen LogP contribution in [0, 0.1) is 11.8 Å². The van der Waals surface area contributed by atoms with Crippen molar-refractivity contribution in [2.75, 3.05) is 49.3 Å². The number of anilines is 2. The van der Waals surface area contributed by atoms with Gasteiger partial charge in [0, 0.05) is 85.4 Å². The molecule has 2 amide bonds. The van der Waals surface area contributed by atoms with Gasteiger partial charge in [0.25, 0.3) is 11.8 Å². The number of likely N-dealkylation sites (tertiary alicyclic amines) is 2. The number of piperidine rings is 2. The van der Waals surface area contributed by atoms with Gasteiger partial charge in [-0.1, -0.05) is 24.3 Å². The molecule has 4 saturated heterocycles. The number of benzene rings is 4. The highest BCUT2D eigenvalue weighted by Crippen LogP contribution is 2.48. The molecule has 14 nitrogen and oxygen atoms in total. The molecule has 2 aliphatic carbocycles. The molecule has 0 unspecified atom stereocenters. The van der Waals surface area contributed by atoms with Crippen molar-refractivity contribution in [2.45, 2.75) is 100.0 Å². The third kappa shape index (κ3) is 8.68. The molecule has 4 atom stereocenters. The number of rotatable bonds is 12. The van der Waals surface area contributed by atoms with Crippen LogP contribution in [0.2, 0.25) is 0 Å². The van der Waals surface area contributed by atoms with Crippen LogP contribution < -0.4 is 9.80 Å². The zero-order valence-electron chi connectivity index (χ0n) is 42.1. The van der Waals surface area contributed by atoms with Gasteiger partial charge in [-0.15, -0.1) is 20.4 Å². The first-order valence-electron chi connectivity index (χ1n) is 26.0. The summed E-state index contributed by atoms with van der Waals surface area (Å²) < 4.78 is 100. The Morgan fingerprint density at radius 1 is 0.592 bits per heavy atom. The second-order valence-corrected chi connectivity index (χ2v) is 22.5. The van der Waals surface area contributed by atoms with Crippen LogP contribution in [0.3, 0.4) is 0 Å². The third-order valence-corrected chi connectivity index (χ3v) is 17.5. The predicted molar refractivity (Wildman–Crippen MR) is 265 cm³/mol. The number of ether oxygens (including phenoxy) is 2. The quantitative estimate of drug-likeness (QED) is 0.111. The molecule has 0 radical (unpaired) electrons. The summed E-state index contributed by atoms with van der Waals surface area (Å²) in [5, 5.41) is 16.4. The Balaban J connectivity index is 0.000000146. The summed E-state index contributed by atoms with van der Waals surface area (Å²) in [4.78, 5) is 34.6. The Bertz CT molecular complexity index is 3080. The smallest absolute Gasteiger partial charge is 0.379 e. The highest BCUT2D eigenvalue weighted by atomic mass is 19.4. The van der Waals surface area contributed by atoms with Crippen molar-refractivity contribution in [2.24, 2.45) is 25.9 Å². The lowest BCUT2D eigenvalue weighted by Gasteiger charge is -2.42. The van der Waals surface area contributed by atoms with Gasteiger partial charge in [0.15, 0.2) is 0 Å². The molecule has 2 saturated carbocycles. The van der Waals surface area contributed by atoms with Crippen LogP contribution in [0.25, 0.3) is 0 Å². The molecule has 76 heavy (non-hydrogen) atoms. The van der Waals surface area contributed by atoms with Crippen LogP contribution in [0.5, 0.6) is 0 Å². The number of amides is 2. The Morgan fingerprint density at radius 3 is 1.33 bits per heavy atom. The van der Waals surface area contributed by atoms with Gasteiger partial charge in [0.1, 0.15) is 24.3 Å². The van der Waals surface area contributed by atoms with E-state index < -0.39 is 23.5 Å². The molecule has 4 aromatic carbocycles. The number of carbonyl (C=O) groups excluding carboxylic acids is 2. The molecule has 20 heteroatoms. The number of carbonyl (C=O) groups is 2.